The van der Waals surface area contributed by atoms with Crippen molar-refractivity contribution in [3.05, 3.63) is 12.7 Å². The molecule has 1 rings (SSSR count). The molecule has 0 aromatic carbocycles. The summed E-state index contributed by atoms with van der Waals surface area (Å²) in [7, 11) is 0. The molecule has 0 saturated carbocycles. The Labute approximate surface area is 48.6 Å². The third kappa shape index (κ3) is 0.886. The van der Waals surface area contributed by atoms with Crippen LogP contribution in [0.25, 0.3) is 0 Å². The van der Waals surface area contributed by atoms with E-state index in [0.717, 1.165) is 6.54 Å². The molecule has 0 aliphatic carbocycles. The predicted octanol–water partition coefficient (Wildman–Crippen LogP) is 0.308. The monoisotopic (exact) mass is 111 g/mol. The molecule has 1 saturated heterocycles. The highest BCUT2D eigenvalue weighted by Gasteiger charge is 2.17. The fourth-order valence-corrected chi connectivity index (χ4v) is 0.794. The maximum absolute atomic E-state index is 10.5. The first-order chi connectivity index (χ1) is 3.83. The van der Waals surface area contributed by atoms with Crippen molar-refractivity contribution in [3.8, 4) is 0 Å². The minimum atomic E-state index is 0.148. The van der Waals surface area contributed by atoms with Crippen LogP contribution in [0.4, 0.5) is 0 Å². The Morgan fingerprint density at radius 3 is 2.88 bits per heavy atom. The van der Waals surface area contributed by atoms with Gasteiger partial charge in [0.15, 0.2) is 0 Å². The molecule has 2 heteroatoms. The molecular formula is C6H9NO. The lowest BCUT2D eigenvalue weighted by molar-refractivity contribution is -0.119. The van der Waals surface area contributed by atoms with Gasteiger partial charge >= 0.3 is 0 Å². The summed E-state index contributed by atoms with van der Waals surface area (Å²) < 4.78 is 0. The Kier molecular flexibility index (Phi) is 1.33. The van der Waals surface area contributed by atoms with Gasteiger partial charge in [0.1, 0.15) is 0 Å². The van der Waals surface area contributed by atoms with E-state index in [1.165, 1.54) is 0 Å². The van der Waals surface area contributed by atoms with Gasteiger partial charge in [-0.25, -0.2) is 0 Å². The van der Waals surface area contributed by atoms with Crippen LogP contribution in [-0.4, -0.2) is 12.5 Å². The second-order valence-corrected chi connectivity index (χ2v) is 2.00. The number of carbonyl (C=O) groups is 1. The van der Waals surface area contributed by atoms with Crippen molar-refractivity contribution in [1.29, 1.82) is 0 Å². The van der Waals surface area contributed by atoms with Gasteiger partial charge in [-0.2, -0.15) is 0 Å². The summed E-state index contributed by atoms with van der Waals surface area (Å²) in [6, 6.07) is 0. The average Bonchev–Trinajstić information content (AvgIpc) is 2.14. The molecule has 0 aromatic rings. The van der Waals surface area contributed by atoms with Crippen LogP contribution < -0.4 is 5.32 Å². The van der Waals surface area contributed by atoms with Crippen molar-refractivity contribution in [2.45, 2.75) is 6.42 Å². The summed E-state index contributed by atoms with van der Waals surface area (Å²) >= 11 is 0. The number of hydrogen-bond donors (Lipinski definition) is 1. The highest BCUT2D eigenvalue weighted by molar-refractivity contribution is 5.78. The minimum Gasteiger partial charge on any atom is -0.355 e. The zero-order chi connectivity index (χ0) is 5.98. The predicted molar refractivity (Wildman–Crippen MR) is 31.3 cm³/mol. The topological polar surface area (TPSA) is 29.1 Å². The van der Waals surface area contributed by atoms with E-state index >= 15 is 0 Å². The number of carbonyl (C=O) groups excluding carboxylic acids is 1. The smallest absolute Gasteiger partial charge is 0.220 e. The Balaban J connectivity index is 2.43. The van der Waals surface area contributed by atoms with Crippen LogP contribution in [-0.2, 0) is 4.79 Å². The van der Waals surface area contributed by atoms with Crippen molar-refractivity contribution >= 4 is 5.91 Å². The lowest BCUT2D eigenvalue weighted by Crippen LogP contribution is -2.13. The van der Waals surface area contributed by atoms with E-state index in [2.05, 4.69) is 11.9 Å². The normalized spacial score (nSPS) is 27.5. The second-order valence-electron chi connectivity index (χ2n) is 2.00. The Bertz CT molecular complexity index is 120. The molecular weight excluding hydrogens is 102 g/mol. The molecule has 44 valence electrons. The van der Waals surface area contributed by atoms with E-state index in [-0.39, 0.29) is 5.91 Å². The van der Waals surface area contributed by atoms with Crippen LogP contribution in [0.3, 0.4) is 0 Å². The van der Waals surface area contributed by atoms with Crippen LogP contribution >= 0.6 is 0 Å². The first kappa shape index (κ1) is 5.35. The molecule has 0 aromatic heterocycles. The quantitative estimate of drug-likeness (QED) is 0.485. The van der Waals surface area contributed by atoms with Gasteiger partial charge in [0, 0.05) is 18.9 Å². The van der Waals surface area contributed by atoms with Crippen LogP contribution in [0.1, 0.15) is 6.42 Å². The second kappa shape index (κ2) is 1.99. The summed E-state index contributed by atoms with van der Waals surface area (Å²) in [5.74, 6) is 0.525. The molecule has 0 spiro atoms. The van der Waals surface area contributed by atoms with Crippen molar-refractivity contribution < 1.29 is 4.79 Å². The van der Waals surface area contributed by atoms with E-state index in [1.807, 2.05) is 6.08 Å². The van der Waals surface area contributed by atoms with Gasteiger partial charge in [0.2, 0.25) is 5.91 Å². The Morgan fingerprint density at radius 2 is 2.62 bits per heavy atom. The molecule has 0 unspecified atom stereocenters. The zero-order valence-corrected chi connectivity index (χ0v) is 4.68. The standard InChI is InChI=1S/C6H9NO/c1-2-5-3-6(8)7-4-5/h2,5H,1,3-4H2,(H,7,8)/t5-/m1/s1. The van der Waals surface area contributed by atoms with Gasteiger partial charge < -0.3 is 5.32 Å². The maximum Gasteiger partial charge on any atom is 0.220 e. The average molecular weight is 111 g/mol. The largest absolute Gasteiger partial charge is 0.355 e. The van der Waals surface area contributed by atoms with E-state index in [9.17, 15) is 4.79 Å². The molecule has 1 aliphatic rings. The van der Waals surface area contributed by atoms with Crippen molar-refractivity contribution in [3.63, 3.8) is 0 Å². The van der Waals surface area contributed by atoms with Gasteiger partial charge in [-0.1, -0.05) is 6.08 Å². The van der Waals surface area contributed by atoms with Crippen LogP contribution in [0.15, 0.2) is 12.7 Å². The zero-order valence-electron chi connectivity index (χ0n) is 4.68. The van der Waals surface area contributed by atoms with E-state index in [0.29, 0.717) is 12.3 Å². The molecule has 1 N–H and O–H groups in total. The van der Waals surface area contributed by atoms with Gasteiger partial charge in [0.05, 0.1) is 0 Å². The fourth-order valence-electron chi connectivity index (χ4n) is 0.794. The molecule has 0 bridgehead atoms. The molecule has 1 atom stereocenters. The third-order valence-electron chi connectivity index (χ3n) is 1.34. The Hall–Kier alpha value is -0.790. The molecule has 1 heterocycles. The maximum atomic E-state index is 10.5. The minimum absolute atomic E-state index is 0.148. The van der Waals surface area contributed by atoms with Gasteiger partial charge in [-0.3, -0.25) is 4.79 Å². The van der Waals surface area contributed by atoms with Crippen LogP contribution in [0.5, 0.6) is 0 Å². The van der Waals surface area contributed by atoms with E-state index < -0.39 is 0 Å². The number of hydrogen-bond acceptors (Lipinski definition) is 1. The van der Waals surface area contributed by atoms with Gasteiger partial charge in [-0.15, -0.1) is 6.58 Å². The van der Waals surface area contributed by atoms with Crippen molar-refractivity contribution in [1.82, 2.24) is 5.32 Å². The van der Waals surface area contributed by atoms with Crippen LogP contribution in [0.2, 0.25) is 0 Å². The summed E-state index contributed by atoms with van der Waals surface area (Å²) in [4.78, 5) is 10.5. The summed E-state index contributed by atoms with van der Waals surface area (Å²) in [5, 5.41) is 2.71. The van der Waals surface area contributed by atoms with Gasteiger partial charge in [0.25, 0.3) is 0 Å². The number of rotatable bonds is 1. The first-order valence-corrected chi connectivity index (χ1v) is 2.72. The fraction of sp³-hybridized carbons (Fsp3) is 0.500. The molecule has 1 aliphatic heterocycles. The van der Waals surface area contributed by atoms with E-state index in [1.54, 1.807) is 0 Å². The van der Waals surface area contributed by atoms with Gasteiger partial charge in [-0.05, 0) is 0 Å². The highest BCUT2D eigenvalue weighted by atomic mass is 16.1. The SMILES string of the molecule is C=C[C@H]1CNC(=O)C1. The number of nitrogens with one attached hydrogen (secondary N) is 1. The highest BCUT2D eigenvalue weighted by Crippen LogP contribution is 2.07. The van der Waals surface area contributed by atoms with Crippen molar-refractivity contribution in [2.24, 2.45) is 5.92 Å². The van der Waals surface area contributed by atoms with Crippen molar-refractivity contribution in [2.75, 3.05) is 6.54 Å². The summed E-state index contributed by atoms with van der Waals surface area (Å²) in [6.07, 6.45) is 2.45. The lowest BCUT2D eigenvalue weighted by Gasteiger charge is -1.92. The molecule has 1 amide bonds. The third-order valence-corrected chi connectivity index (χ3v) is 1.34. The molecule has 2 nitrogen and oxygen atoms in total. The summed E-state index contributed by atoms with van der Waals surface area (Å²) in [5.41, 5.74) is 0. The first-order valence-electron chi connectivity index (χ1n) is 2.72. The molecule has 8 heavy (non-hydrogen) atoms. The number of amides is 1. The molecule has 0 radical (unpaired) electrons. The van der Waals surface area contributed by atoms with Crippen LogP contribution in [0, 0.1) is 5.92 Å². The lowest BCUT2D eigenvalue weighted by atomic mass is 10.1. The Morgan fingerprint density at radius 1 is 1.88 bits per heavy atom. The summed E-state index contributed by atoms with van der Waals surface area (Å²) in [6.45, 7) is 4.36. The van der Waals surface area contributed by atoms with E-state index in [4.69, 9.17) is 0 Å². The molecule has 1 fully saturated rings.